The number of Topliss-reactive ketones (excluding diaryl/α,β-unsaturated/α-hetero) is 2. The Morgan fingerprint density at radius 3 is 2.31 bits per heavy atom. The Balaban J connectivity index is 1.68. The van der Waals surface area contributed by atoms with Crippen molar-refractivity contribution in [3.63, 3.8) is 0 Å². The molecule has 0 N–H and O–H groups in total. The van der Waals surface area contributed by atoms with Crippen LogP contribution in [-0.2, 0) is 19.1 Å². The van der Waals surface area contributed by atoms with E-state index in [1.54, 1.807) is 19.4 Å². The largest absolute Gasteiger partial charge is 0.465 e. The lowest BCUT2D eigenvalue weighted by Crippen LogP contribution is -2.59. The molecule has 48 heavy (non-hydrogen) atoms. The molecule has 10 atom stereocenters. The summed E-state index contributed by atoms with van der Waals surface area (Å²) in [7, 11) is 0. The molecule has 10 unspecified atom stereocenters. The lowest BCUT2D eigenvalue weighted by Gasteiger charge is -2.66. The second-order valence-corrected chi connectivity index (χ2v) is 18.1. The number of allylic oxidation sites excluding steroid dienone is 4. The molecule has 0 radical (unpaired) electrons. The standard InChI is InChI=1S/C44H72O4/c1-11-13-29(3)26-35(39(47)14-12-2)27-31(5)36-19-23-44(28-48-34(8)46)24-20-38-37(41(36)44)15-16-40-42(9,21-17-30(4)25-33(7)45)32(6)18-22-43(38,40)10/h13,30,32,35,37-38,40-41H,11-12,14-28H2,1-10H3/b29-13-,36-31+. The Morgan fingerprint density at radius 2 is 1.67 bits per heavy atom. The molecule has 4 fully saturated rings. The molecule has 0 amide bonds. The first-order chi connectivity index (χ1) is 22.6. The van der Waals surface area contributed by atoms with Gasteiger partial charge in [0.1, 0.15) is 11.6 Å². The number of ether oxygens (including phenoxy) is 1. The fourth-order valence-corrected chi connectivity index (χ4v) is 12.3. The zero-order valence-corrected chi connectivity index (χ0v) is 32.8. The second kappa shape index (κ2) is 16.1. The zero-order valence-electron chi connectivity index (χ0n) is 32.8. The lowest BCUT2D eigenvalue weighted by atomic mass is 9.39. The summed E-state index contributed by atoms with van der Waals surface area (Å²) in [6.07, 6.45) is 19.4. The van der Waals surface area contributed by atoms with Crippen LogP contribution in [0.4, 0.5) is 0 Å². The van der Waals surface area contributed by atoms with E-state index in [2.05, 4.69) is 61.5 Å². The highest BCUT2D eigenvalue weighted by Crippen LogP contribution is 2.71. The number of carbonyl (C=O) groups is 3. The number of rotatable bonds is 15. The van der Waals surface area contributed by atoms with E-state index in [1.165, 1.54) is 49.7 Å². The summed E-state index contributed by atoms with van der Waals surface area (Å²) in [5, 5.41) is 0. The van der Waals surface area contributed by atoms with Crippen LogP contribution in [0, 0.1) is 57.7 Å². The van der Waals surface area contributed by atoms with Crippen LogP contribution in [0.15, 0.2) is 22.8 Å². The van der Waals surface area contributed by atoms with Crippen molar-refractivity contribution < 1.29 is 19.1 Å². The Morgan fingerprint density at radius 1 is 0.938 bits per heavy atom. The molecule has 0 aromatic heterocycles. The van der Waals surface area contributed by atoms with Gasteiger partial charge in [0.25, 0.3) is 0 Å². The molecule has 272 valence electrons. The molecule has 0 spiro atoms. The van der Waals surface area contributed by atoms with E-state index in [-0.39, 0.29) is 17.3 Å². The SMILES string of the molecule is CC/C=C(/C)CC(C/C(C)=C1\CCC2(COC(C)=O)CCC3C(CCC4C(C)(CCC(C)CC(C)=O)C(C)CCC34C)C12)C(=O)CCC. The third kappa shape index (κ3) is 8.09. The summed E-state index contributed by atoms with van der Waals surface area (Å²) in [5.74, 6) is 4.25. The zero-order chi connectivity index (χ0) is 35.4. The van der Waals surface area contributed by atoms with Gasteiger partial charge in [-0.3, -0.25) is 9.59 Å². The van der Waals surface area contributed by atoms with Gasteiger partial charge >= 0.3 is 5.97 Å². The molecule has 4 saturated carbocycles. The number of fused-ring (bicyclic) bond motifs is 5. The van der Waals surface area contributed by atoms with E-state index in [9.17, 15) is 14.4 Å². The fraction of sp³-hybridized carbons (Fsp3) is 0.841. The third-order valence-electron chi connectivity index (χ3n) is 14.8. The number of ketones is 2. The molecular weight excluding hydrogens is 592 g/mol. The fourth-order valence-electron chi connectivity index (χ4n) is 12.3. The van der Waals surface area contributed by atoms with E-state index in [0.29, 0.717) is 77.4 Å². The summed E-state index contributed by atoms with van der Waals surface area (Å²) >= 11 is 0. The minimum absolute atomic E-state index is 0.0287. The molecule has 0 aromatic carbocycles. The van der Waals surface area contributed by atoms with Crippen LogP contribution >= 0.6 is 0 Å². The maximum atomic E-state index is 13.5. The molecule has 0 aromatic rings. The van der Waals surface area contributed by atoms with Gasteiger partial charge in [-0.05, 0) is 157 Å². The average molecular weight is 665 g/mol. The van der Waals surface area contributed by atoms with Gasteiger partial charge in [-0.15, -0.1) is 0 Å². The van der Waals surface area contributed by atoms with Crippen molar-refractivity contribution in [2.24, 2.45) is 57.7 Å². The number of esters is 1. The highest BCUT2D eigenvalue weighted by atomic mass is 16.5. The van der Waals surface area contributed by atoms with Crippen LogP contribution in [0.2, 0.25) is 0 Å². The first kappa shape index (κ1) is 39.1. The molecule has 0 bridgehead atoms. The summed E-state index contributed by atoms with van der Waals surface area (Å²) in [6, 6.07) is 0. The Hall–Kier alpha value is -1.71. The summed E-state index contributed by atoms with van der Waals surface area (Å²) in [4.78, 5) is 37.6. The lowest BCUT2D eigenvalue weighted by molar-refractivity contribution is -0.172. The molecule has 4 heteroatoms. The molecular formula is C44H72O4. The Bertz CT molecular complexity index is 1230. The highest BCUT2D eigenvalue weighted by Gasteiger charge is 2.64. The predicted octanol–water partition coefficient (Wildman–Crippen LogP) is 11.7. The van der Waals surface area contributed by atoms with Crippen LogP contribution in [0.5, 0.6) is 0 Å². The summed E-state index contributed by atoms with van der Waals surface area (Å²) in [6.45, 7) is 22.8. The van der Waals surface area contributed by atoms with Gasteiger partial charge in [0.2, 0.25) is 0 Å². The van der Waals surface area contributed by atoms with Crippen molar-refractivity contribution in [3.05, 3.63) is 22.8 Å². The predicted molar refractivity (Wildman–Crippen MR) is 198 cm³/mol. The van der Waals surface area contributed by atoms with Crippen LogP contribution in [0.1, 0.15) is 172 Å². The van der Waals surface area contributed by atoms with E-state index < -0.39 is 0 Å². The van der Waals surface area contributed by atoms with Crippen LogP contribution in [-0.4, -0.2) is 24.1 Å². The maximum absolute atomic E-state index is 13.5. The Kier molecular flexibility index (Phi) is 13.1. The van der Waals surface area contributed by atoms with Crippen LogP contribution in [0.25, 0.3) is 0 Å². The third-order valence-corrected chi connectivity index (χ3v) is 14.8. The quantitative estimate of drug-likeness (QED) is 0.129. The first-order valence-electron chi connectivity index (χ1n) is 20.1. The maximum Gasteiger partial charge on any atom is 0.302 e. The van der Waals surface area contributed by atoms with Crippen molar-refractivity contribution in [2.75, 3.05) is 6.61 Å². The normalized spacial score (nSPS) is 37.1. The number of carbonyl (C=O) groups excluding carboxylic acids is 3. The molecule has 0 heterocycles. The van der Waals surface area contributed by atoms with E-state index in [4.69, 9.17) is 4.74 Å². The number of hydrogen-bond donors (Lipinski definition) is 0. The van der Waals surface area contributed by atoms with E-state index >= 15 is 0 Å². The molecule has 0 saturated heterocycles. The van der Waals surface area contributed by atoms with Gasteiger partial charge in [-0.25, -0.2) is 0 Å². The molecule has 0 aliphatic heterocycles. The Labute approximate surface area is 295 Å². The van der Waals surface area contributed by atoms with Crippen molar-refractivity contribution in [1.29, 1.82) is 0 Å². The van der Waals surface area contributed by atoms with Crippen molar-refractivity contribution in [1.82, 2.24) is 0 Å². The summed E-state index contributed by atoms with van der Waals surface area (Å²) in [5.41, 5.74) is 5.06. The minimum atomic E-state index is -0.158. The van der Waals surface area contributed by atoms with E-state index in [1.807, 2.05) is 0 Å². The molecule has 4 aliphatic rings. The molecule has 4 nitrogen and oxygen atoms in total. The topological polar surface area (TPSA) is 60.4 Å². The van der Waals surface area contributed by atoms with Gasteiger partial charge in [0.05, 0.1) is 6.61 Å². The summed E-state index contributed by atoms with van der Waals surface area (Å²) < 4.78 is 5.94. The monoisotopic (exact) mass is 665 g/mol. The van der Waals surface area contributed by atoms with Crippen molar-refractivity contribution >= 4 is 17.5 Å². The van der Waals surface area contributed by atoms with Gasteiger partial charge in [-0.2, -0.15) is 0 Å². The first-order valence-corrected chi connectivity index (χ1v) is 20.1. The van der Waals surface area contributed by atoms with Crippen LogP contribution < -0.4 is 0 Å². The average Bonchev–Trinajstić information content (AvgIpc) is 3.41. The number of hydrogen-bond acceptors (Lipinski definition) is 4. The van der Waals surface area contributed by atoms with E-state index in [0.717, 1.165) is 51.4 Å². The second-order valence-electron chi connectivity index (χ2n) is 18.1. The molecule has 4 rings (SSSR count). The minimum Gasteiger partial charge on any atom is -0.465 e. The van der Waals surface area contributed by atoms with Crippen LogP contribution in [0.3, 0.4) is 0 Å². The van der Waals surface area contributed by atoms with Gasteiger partial charge in [0, 0.05) is 31.1 Å². The van der Waals surface area contributed by atoms with Gasteiger partial charge < -0.3 is 9.53 Å². The van der Waals surface area contributed by atoms with Gasteiger partial charge in [-0.1, -0.05) is 64.3 Å². The highest BCUT2D eigenvalue weighted by molar-refractivity contribution is 5.81. The van der Waals surface area contributed by atoms with Crippen molar-refractivity contribution in [3.8, 4) is 0 Å². The van der Waals surface area contributed by atoms with Crippen molar-refractivity contribution in [2.45, 2.75) is 172 Å². The van der Waals surface area contributed by atoms with Gasteiger partial charge in [0.15, 0.2) is 0 Å². The smallest absolute Gasteiger partial charge is 0.302 e. The molecule has 4 aliphatic carbocycles.